The lowest BCUT2D eigenvalue weighted by Crippen LogP contribution is -2.43. The molecule has 0 radical (unpaired) electrons. The Kier molecular flexibility index (Phi) is 6.61. The van der Waals surface area contributed by atoms with E-state index in [1.165, 1.54) is 12.1 Å². The summed E-state index contributed by atoms with van der Waals surface area (Å²) in [5.41, 5.74) is -0.0825. The minimum atomic E-state index is -3.83. The van der Waals surface area contributed by atoms with Crippen molar-refractivity contribution in [2.75, 3.05) is 19.6 Å². The maximum atomic E-state index is 13.7. The Balaban J connectivity index is 0.00000220. The van der Waals surface area contributed by atoms with Crippen molar-refractivity contribution in [2.24, 2.45) is 5.41 Å². The van der Waals surface area contributed by atoms with Gasteiger partial charge in [0.1, 0.15) is 10.7 Å². The van der Waals surface area contributed by atoms with Crippen LogP contribution in [0.5, 0.6) is 0 Å². The highest BCUT2D eigenvalue weighted by Crippen LogP contribution is 2.28. The smallest absolute Gasteiger partial charge is 0.243 e. The van der Waals surface area contributed by atoms with Crippen LogP contribution in [-0.4, -0.2) is 28.1 Å². The number of piperidine rings is 1. The van der Waals surface area contributed by atoms with Crippen molar-refractivity contribution in [2.45, 2.75) is 24.7 Å². The molecule has 0 amide bonds. The molecule has 0 atom stereocenters. The summed E-state index contributed by atoms with van der Waals surface area (Å²) in [6.07, 6.45) is 1.80. The zero-order valence-electron chi connectivity index (χ0n) is 11.7. The van der Waals surface area contributed by atoms with Crippen molar-refractivity contribution in [1.82, 2.24) is 10.0 Å². The second kappa shape index (κ2) is 7.37. The summed E-state index contributed by atoms with van der Waals surface area (Å²) < 4.78 is 41.2. The van der Waals surface area contributed by atoms with Crippen molar-refractivity contribution in [3.63, 3.8) is 0 Å². The van der Waals surface area contributed by atoms with Crippen LogP contribution in [0.1, 0.15) is 19.8 Å². The van der Waals surface area contributed by atoms with Crippen LogP contribution in [0.3, 0.4) is 0 Å². The molecular weight excluding hydrogens is 383 g/mol. The van der Waals surface area contributed by atoms with E-state index in [0.717, 1.165) is 32.0 Å². The number of hydrogen-bond acceptors (Lipinski definition) is 3. The zero-order valence-corrected chi connectivity index (χ0v) is 14.9. The van der Waals surface area contributed by atoms with Crippen molar-refractivity contribution in [3.05, 3.63) is 28.5 Å². The number of nitrogens with one attached hydrogen (secondary N) is 2. The fourth-order valence-electron chi connectivity index (χ4n) is 2.24. The summed E-state index contributed by atoms with van der Waals surface area (Å²) >= 11 is 3.16. The Morgan fingerprint density at radius 1 is 1.38 bits per heavy atom. The molecule has 0 unspecified atom stereocenters. The second-order valence-corrected chi connectivity index (χ2v) is 8.11. The number of halogens is 3. The first-order chi connectivity index (χ1) is 9.32. The highest BCUT2D eigenvalue weighted by molar-refractivity contribution is 9.10. The molecule has 0 aromatic heterocycles. The molecule has 1 aromatic rings. The summed E-state index contributed by atoms with van der Waals surface area (Å²) in [7, 11) is -3.83. The molecule has 1 aliphatic heterocycles. The number of rotatable bonds is 4. The molecular formula is C13H19BrClFN2O2S. The van der Waals surface area contributed by atoms with Gasteiger partial charge >= 0.3 is 0 Å². The predicted octanol–water partition coefficient (Wildman–Crippen LogP) is 2.68. The van der Waals surface area contributed by atoms with Crippen LogP contribution in [0.4, 0.5) is 4.39 Å². The maximum Gasteiger partial charge on any atom is 0.243 e. The molecule has 2 rings (SSSR count). The van der Waals surface area contributed by atoms with Gasteiger partial charge in [-0.2, -0.15) is 0 Å². The van der Waals surface area contributed by atoms with Crippen molar-refractivity contribution in [3.8, 4) is 0 Å². The Morgan fingerprint density at radius 2 is 2.00 bits per heavy atom. The average Bonchev–Trinajstić information content (AvgIpc) is 2.40. The molecule has 1 heterocycles. The van der Waals surface area contributed by atoms with Crippen molar-refractivity contribution in [1.29, 1.82) is 0 Å². The second-order valence-electron chi connectivity index (χ2n) is 5.46. The van der Waals surface area contributed by atoms with Crippen molar-refractivity contribution >= 4 is 38.4 Å². The fourth-order valence-corrected chi connectivity index (χ4v) is 4.05. The number of sulfonamides is 1. The minimum absolute atomic E-state index is 0. The Bertz CT molecular complexity index is 592. The monoisotopic (exact) mass is 400 g/mol. The Labute approximate surface area is 139 Å². The van der Waals surface area contributed by atoms with E-state index < -0.39 is 15.8 Å². The van der Waals surface area contributed by atoms with Gasteiger partial charge in [-0.3, -0.25) is 0 Å². The number of benzene rings is 1. The van der Waals surface area contributed by atoms with Crippen LogP contribution in [0.25, 0.3) is 0 Å². The molecule has 0 aliphatic carbocycles. The maximum absolute atomic E-state index is 13.7. The molecule has 1 saturated heterocycles. The third kappa shape index (κ3) is 4.89. The van der Waals surface area contributed by atoms with Crippen LogP contribution in [0.2, 0.25) is 0 Å². The predicted molar refractivity (Wildman–Crippen MR) is 86.7 cm³/mol. The zero-order chi connectivity index (χ0) is 14.8. The van der Waals surface area contributed by atoms with Crippen molar-refractivity contribution < 1.29 is 12.8 Å². The van der Waals surface area contributed by atoms with Crippen LogP contribution >= 0.6 is 28.3 Å². The molecule has 4 nitrogen and oxygen atoms in total. The van der Waals surface area contributed by atoms with E-state index >= 15 is 0 Å². The molecule has 2 N–H and O–H groups in total. The van der Waals surface area contributed by atoms with E-state index in [4.69, 9.17) is 0 Å². The standard InChI is InChI=1S/C13H18BrFN2O2S.ClH/c1-13(4-6-16-7-5-13)9-17-20(18,19)12-8-10(14)2-3-11(12)15;/h2-3,8,16-17H,4-7,9H2,1H3;1H. The van der Waals surface area contributed by atoms with Gasteiger partial charge in [0, 0.05) is 11.0 Å². The topological polar surface area (TPSA) is 58.2 Å². The van der Waals surface area contributed by atoms with Gasteiger partial charge in [0.05, 0.1) is 0 Å². The summed E-state index contributed by atoms with van der Waals surface area (Å²) in [4.78, 5) is -0.315. The van der Waals surface area contributed by atoms with Gasteiger partial charge in [0.25, 0.3) is 0 Å². The van der Waals surface area contributed by atoms with Gasteiger partial charge in [-0.05, 0) is 49.5 Å². The normalized spacial score (nSPS) is 18.0. The highest BCUT2D eigenvalue weighted by Gasteiger charge is 2.29. The molecule has 1 aromatic carbocycles. The Morgan fingerprint density at radius 3 is 2.62 bits per heavy atom. The third-order valence-electron chi connectivity index (χ3n) is 3.68. The van der Waals surface area contributed by atoms with E-state index in [0.29, 0.717) is 11.0 Å². The third-order valence-corrected chi connectivity index (χ3v) is 5.59. The lowest BCUT2D eigenvalue weighted by molar-refractivity contribution is 0.232. The van der Waals surface area contributed by atoms with Gasteiger partial charge < -0.3 is 5.32 Å². The summed E-state index contributed by atoms with van der Waals surface area (Å²) in [5, 5.41) is 3.24. The van der Waals surface area contributed by atoms with E-state index in [9.17, 15) is 12.8 Å². The Hall–Kier alpha value is -0.210. The van der Waals surface area contributed by atoms with E-state index in [-0.39, 0.29) is 22.7 Å². The van der Waals surface area contributed by atoms with Crippen LogP contribution in [-0.2, 0) is 10.0 Å². The average molecular weight is 402 g/mol. The van der Waals surface area contributed by atoms with Gasteiger partial charge in [0.2, 0.25) is 10.0 Å². The SMILES string of the molecule is CC1(CNS(=O)(=O)c2cc(Br)ccc2F)CCNCC1.Cl. The first-order valence-electron chi connectivity index (χ1n) is 6.48. The summed E-state index contributed by atoms with van der Waals surface area (Å²) in [6.45, 7) is 4.13. The quantitative estimate of drug-likeness (QED) is 0.815. The van der Waals surface area contributed by atoms with Crippen LogP contribution < -0.4 is 10.0 Å². The molecule has 0 saturated carbocycles. The molecule has 21 heavy (non-hydrogen) atoms. The molecule has 1 fully saturated rings. The highest BCUT2D eigenvalue weighted by atomic mass is 79.9. The molecule has 0 bridgehead atoms. The van der Waals surface area contributed by atoms with Gasteiger partial charge in [-0.25, -0.2) is 17.5 Å². The van der Waals surface area contributed by atoms with Crippen LogP contribution in [0.15, 0.2) is 27.6 Å². The summed E-state index contributed by atoms with van der Waals surface area (Å²) in [5.74, 6) is -0.740. The number of hydrogen-bond donors (Lipinski definition) is 2. The van der Waals surface area contributed by atoms with Gasteiger partial charge in [-0.15, -0.1) is 12.4 Å². The first kappa shape index (κ1) is 18.8. The molecule has 0 spiro atoms. The lowest BCUT2D eigenvalue weighted by Gasteiger charge is -2.34. The van der Waals surface area contributed by atoms with Gasteiger partial charge in [0.15, 0.2) is 0 Å². The van der Waals surface area contributed by atoms with Crippen LogP contribution in [0, 0.1) is 11.2 Å². The van der Waals surface area contributed by atoms with Gasteiger partial charge in [-0.1, -0.05) is 22.9 Å². The summed E-state index contributed by atoms with van der Waals surface area (Å²) in [6, 6.07) is 3.90. The minimum Gasteiger partial charge on any atom is -0.317 e. The largest absolute Gasteiger partial charge is 0.317 e. The molecule has 8 heteroatoms. The molecule has 120 valence electrons. The molecule has 1 aliphatic rings. The van der Waals surface area contributed by atoms with E-state index in [1.54, 1.807) is 0 Å². The first-order valence-corrected chi connectivity index (χ1v) is 8.76. The lowest BCUT2D eigenvalue weighted by atomic mass is 9.81. The fraction of sp³-hybridized carbons (Fsp3) is 0.538. The van der Waals surface area contributed by atoms with E-state index in [2.05, 4.69) is 26.0 Å². The van der Waals surface area contributed by atoms with E-state index in [1.807, 2.05) is 6.92 Å².